The Bertz CT molecular complexity index is 1260. The van der Waals surface area contributed by atoms with E-state index in [2.05, 4.69) is 16.4 Å². The summed E-state index contributed by atoms with van der Waals surface area (Å²) in [6.45, 7) is 5.08. The molecule has 1 N–H and O–H groups in total. The second kappa shape index (κ2) is 9.34. The van der Waals surface area contributed by atoms with Crippen LogP contribution in [-0.2, 0) is 0 Å². The largest absolute Gasteiger partial charge is 0.497 e. The molecule has 7 nitrogen and oxygen atoms in total. The van der Waals surface area contributed by atoms with E-state index >= 15 is 0 Å². The van der Waals surface area contributed by atoms with Crippen molar-refractivity contribution in [2.45, 2.75) is 26.3 Å². The summed E-state index contributed by atoms with van der Waals surface area (Å²) >= 11 is 1.55. The fraction of sp³-hybridized carbons (Fsp3) is 0.370. The van der Waals surface area contributed by atoms with Crippen molar-refractivity contribution in [3.63, 3.8) is 0 Å². The Kier molecular flexibility index (Phi) is 6.23. The van der Waals surface area contributed by atoms with Crippen LogP contribution in [0.1, 0.15) is 37.8 Å². The van der Waals surface area contributed by atoms with E-state index in [0.717, 1.165) is 27.4 Å². The lowest BCUT2D eigenvalue weighted by atomic mass is 10.1. The molecule has 5 rings (SSSR count). The van der Waals surface area contributed by atoms with Crippen molar-refractivity contribution in [3.8, 4) is 21.9 Å². The zero-order valence-corrected chi connectivity index (χ0v) is 21.1. The van der Waals surface area contributed by atoms with Gasteiger partial charge in [0.25, 0.3) is 11.8 Å². The number of fused-ring (bicyclic) bond motifs is 1. The van der Waals surface area contributed by atoms with Gasteiger partial charge in [0, 0.05) is 24.7 Å². The van der Waals surface area contributed by atoms with Crippen molar-refractivity contribution in [1.82, 2.24) is 15.2 Å². The number of ether oxygens (including phenoxy) is 2. The van der Waals surface area contributed by atoms with E-state index in [1.165, 1.54) is 0 Å². The molecular formula is C27H29N3O4S. The van der Waals surface area contributed by atoms with Gasteiger partial charge in [-0.25, -0.2) is 4.98 Å². The molecule has 3 aromatic rings. The van der Waals surface area contributed by atoms with Gasteiger partial charge in [0.1, 0.15) is 17.2 Å². The molecule has 2 amide bonds. The number of carbonyl (C=O) groups excluding carboxylic acids is 2. The lowest BCUT2D eigenvalue weighted by molar-refractivity contribution is 0.0690. The van der Waals surface area contributed by atoms with E-state index in [-0.39, 0.29) is 17.9 Å². The number of hydrogen-bond acceptors (Lipinski definition) is 6. The Labute approximate surface area is 209 Å². The van der Waals surface area contributed by atoms with Crippen LogP contribution in [0.3, 0.4) is 0 Å². The number of likely N-dealkylation sites (tertiary alicyclic amines) is 1. The van der Waals surface area contributed by atoms with Gasteiger partial charge in [-0.05, 0) is 49.8 Å². The second-order valence-electron chi connectivity index (χ2n) is 9.28. The third-order valence-corrected chi connectivity index (χ3v) is 7.89. The van der Waals surface area contributed by atoms with Crippen molar-refractivity contribution < 1.29 is 19.1 Å². The molecule has 1 saturated carbocycles. The minimum Gasteiger partial charge on any atom is -0.497 e. The topological polar surface area (TPSA) is 80.8 Å². The molecule has 0 spiro atoms. The SMILES string of the molecule is COc1cc(OC)cc(C(=O)NCC2C3CC3CN2C(=O)c2nc(C)sc2-c2cccc(C)c2)c1. The maximum absolute atomic E-state index is 13.7. The molecule has 2 heterocycles. The number of benzene rings is 2. The summed E-state index contributed by atoms with van der Waals surface area (Å²) in [6, 6.07) is 13.2. The van der Waals surface area contributed by atoms with E-state index in [4.69, 9.17) is 9.47 Å². The molecule has 3 atom stereocenters. The van der Waals surface area contributed by atoms with E-state index in [1.54, 1.807) is 43.8 Å². The molecule has 1 aromatic heterocycles. The third-order valence-electron chi connectivity index (χ3n) is 6.87. The molecule has 1 aliphatic carbocycles. The quantitative estimate of drug-likeness (QED) is 0.532. The van der Waals surface area contributed by atoms with Crippen molar-refractivity contribution in [2.24, 2.45) is 11.8 Å². The van der Waals surface area contributed by atoms with Gasteiger partial charge in [-0.2, -0.15) is 0 Å². The average molecular weight is 492 g/mol. The Balaban J connectivity index is 1.34. The number of methoxy groups -OCH3 is 2. The Morgan fingerprint density at radius 1 is 1.11 bits per heavy atom. The number of carbonyl (C=O) groups is 2. The molecule has 2 aliphatic rings. The van der Waals surface area contributed by atoms with Crippen LogP contribution in [0.4, 0.5) is 0 Å². The number of rotatable bonds is 7. The van der Waals surface area contributed by atoms with E-state index < -0.39 is 0 Å². The monoisotopic (exact) mass is 491 g/mol. The van der Waals surface area contributed by atoms with Gasteiger partial charge in [0.15, 0.2) is 0 Å². The molecule has 2 fully saturated rings. The van der Waals surface area contributed by atoms with Crippen LogP contribution in [0.15, 0.2) is 42.5 Å². The normalized spacial score (nSPS) is 20.3. The number of thiazole rings is 1. The molecule has 182 valence electrons. The number of hydrogen-bond donors (Lipinski definition) is 1. The highest BCUT2D eigenvalue weighted by Crippen LogP contribution is 2.50. The predicted molar refractivity (Wildman–Crippen MR) is 135 cm³/mol. The number of aryl methyl sites for hydroxylation is 2. The minimum atomic E-state index is -0.219. The summed E-state index contributed by atoms with van der Waals surface area (Å²) in [6.07, 6.45) is 1.10. The van der Waals surface area contributed by atoms with E-state index in [0.29, 0.717) is 47.7 Å². The number of amides is 2. The van der Waals surface area contributed by atoms with Crippen LogP contribution in [0, 0.1) is 25.7 Å². The first-order chi connectivity index (χ1) is 16.9. The predicted octanol–water partition coefficient (Wildman–Crippen LogP) is 4.33. The van der Waals surface area contributed by atoms with E-state index in [9.17, 15) is 9.59 Å². The lowest BCUT2D eigenvalue weighted by Gasteiger charge is -2.27. The van der Waals surface area contributed by atoms with Crippen LogP contribution >= 0.6 is 11.3 Å². The summed E-state index contributed by atoms with van der Waals surface area (Å²) < 4.78 is 10.6. The molecule has 0 bridgehead atoms. The summed E-state index contributed by atoms with van der Waals surface area (Å²) in [4.78, 5) is 34.1. The van der Waals surface area contributed by atoms with Crippen molar-refractivity contribution in [3.05, 3.63) is 64.3 Å². The highest BCUT2D eigenvalue weighted by Gasteiger charge is 2.54. The Morgan fingerprint density at radius 2 is 1.86 bits per heavy atom. The number of aromatic nitrogens is 1. The zero-order valence-electron chi connectivity index (χ0n) is 20.3. The fourth-order valence-electron chi connectivity index (χ4n) is 4.99. The van der Waals surface area contributed by atoms with Crippen molar-refractivity contribution in [2.75, 3.05) is 27.3 Å². The average Bonchev–Trinajstić information content (AvgIpc) is 3.38. The van der Waals surface area contributed by atoms with Gasteiger partial charge in [0.2, 0.25) is 0 Å². The molecular weight excluding hydrogens is 462 g/mol. The van der Waals surface area contributed by atoms with Crippen LogP contribution in [0.2, 0.25) is 0 Å². The minimum absolute atomic E-state index is 0.0451. The second-order valence-corrected chi connectivity index (χ2v) is 10.5. The molecule has 8 heteroatoms. The number of nitrogens with one attached hydrogen (secondary N) is 1. The summed E-state index contributed by atoms with van der Waals surface area (Å²) in [7, 11) is 3.10. The molecule has 1 saturated heterocycles. The highest BCUT2D eigenvalue weighted by molar-refractivity contribution is 7.15. The van der Waals surface area contributed by atoms with Gasteiger partial charge in [-0.15, -0.1) is 11.3 Å². The van der Waals surface area contributed by atoms with Gasteiger partial charge < -0.3 is 19.7 Å². The first-order valence-corrected chi connectivity index (χ1v) is 12.6. The number of nitrogens with zero attached hydrogens (tertiary/aromatic N) is 2. The van der Waals surface area contributed by atoms with Gasteiger partial charge in [-0.3, -0.25) is 9.59 Å². The van der Waals surface area contributed by atoms with Gasteiger partial charge >= 0.3 is 0 Å². The van der Waals surface area contributed by atoms with Crippen LogP contribution in [0.25, 0.3) is 10.4 Å². The van der Waals surface area contributed by atoms with Crippen molar-refractivity contribution in [1.29, 1.82) is 0 Å². The summed E-state index contributed by atoms with van der Waals surface area (Å²) in [5.41, 5.74) is 3.12. The van der Waals surface area contributed by atoms with Gasteiger partial charge in [-0.1, -0.05) is 29.8 Å². The Morgan fingerprint density at radius 3 is 2.54 bits per heavy atom. The first-order valence-electron chi connectivity index (χ1n) is 11.7. The standard InChI is InChI=1S/C27H29N3O4S/c1-15-6-5-7-17(8-15)25-24(29-16(2)35-25)27(32)30-14-19-11-22(19)23(30)13-28-26(31)18-9-20(33-3)12-21(10-18)34-4/h5-10,12,19,22-23H,11,13-14H2,1-4H3,(H,28,31). The maximum Gasteiger partial charge on any atom is 0.274 e. The smallest absolute Gasteiger partial charge is 0.274 e. The highest BCUT2D eigenvalue weighted by atomic mass is 32.1. The van der Waals surface area contributed by atoms with Gasteiger partial charge in [0.05, 0.1) is 30.1 Å². The molecule has 0 radical (unpaired) electrons. The molecule has 1 aliphatic heterocycles. The fourth-order valence-corrected chi connectivity index (χ4v) is 5.90. The van der Waals surface area contributed by atoms with Crippen LogP contribution < -0.4 is 14.8 Å². The third kappa shape index (κ3) is 4.62. The molecule has 2 aromatic carbocycles. The zero-order chi connectivity index (χ0) is 24.7. The van der Waals surface area contributed by atoms with Crippen molar-refractivity contribution >= 4 is 23.2 Å². The van der Waals surface area contributed by atoms with E-state index in [1.807, 2.05) is 36.9 Å². The summed E-state index contributed by atoms with van der Waals surface area (Å²) in [5, 5.41) is 3.90. The lowest BCUT2D eigenvalue weighted by Crippen LogP contribution is -2.45. The van der Waals surface area contributed by atoms with Crippen LogP contribution in [0.5, 0.6) is 11.5 Å². The maximum atomic E-state index is 13.7. The Hall–Kier alpha value is -3.39. The van der Waals surface area contributed by atoms with Crippen LogP contribution in [-0.4, -0.2) is 55.0 Å². The number of piperidine rings is 1. The molecule has 35 heavy (non-hydrogen) atoms. The molecule has 3 unspecified atom stereocenters. The summed E-state index contributed by atoms with van der Waals surface area (Å²) in [5.74, 6) is 1.75. The first kappa shape index (κ1) is 23.4.